The van der Waals surface area contributed by atoms with E-state index in [1.807, 2.05) is 0 Å². The van der Waals surface area contributed by atoms with Gasteiger partial charge in [-0.25, -0.2) is 9.59 Å². The van der Waals surface area contributed by atoms with E-state index in [0.717, 1.165) is 18.2 Å². The van der Waals surface area contributed by atoms with E-state index in [9.17, 15) is 9.59 Å². The van der Waals surface area contributed by atoms with Crippen molar-refractivity contribution < 1.29 is 29.6 Å². The first-order valence-corrected chi connectivity index (χ1v) is 3.90. The van der Waals surface area contributed by atoms with Crippen LogP contribution in [0.1, 0.15) is 20.7 Å². The molecule has 1 aromatic carbocycles. The molecule has 6 heteroatoms. The summed E-state index contributed by atoms with van der Waals surface area (Å²) < 4.78 is 4.62. The number of carboxylic acid groups (broad SMARTS) is 2. The zero-order valence-electron chi connectivity index (χ0n) is 7.51. The van der Waals surface area contributed by atoms with Crippen LogP contribution in [-0.4, -0.2) is 34.1 Å². The summed E-state index contributed by atoms with van der Waals surface area (Å²) in [5.74, 6) is -2.53. The van der Waals surface area contributed by atoms with Crippen LogP contribution in [0.25, 0.3) is 0 Å². The normalized spacial score (nSPS) is 9.67. The Balaban J connectivity index is 3.19. The number of aromatic carboxylic acids is 2. The zero-order chi connectivity index (χ0) is 11.4. The minimum Gasteiger partial charge on any atom is -0.478 e. The number of aliphatic hydroxyl groups is 1. The molecule has 80 valence electrons. The van der Waals surface area contributed by atoms with Crippen molar-refractivity contribution >= 4 is 11.9 Å². The summed E-state index contributed by atoms with van der Waals surface area (Å²) >= 11 is 0. The Labute approximate surface area is 84.3 Å². The molecule has 0 aromatic heterocycles. The van der Waals surface area contributed by atoms with Crippen molar-refractivity contribution in [3.8, 4) is 5.75 Å². The van der Waals surface area contributed by atoms with Crippen molar-refractivity contribution in [3.05, 3.63) is 29.3 Å². The Kier molecular flexibility index (Phi) is 3.25. The zero-order valence-corrected chi connectivity index (χ0v) is 7.51. The Morgan fingerprint density at radius 3 is 1.87 bits per heavy atom. The SMILES string of the molecule is O=C(O)c1cc(OCO)cc(C(=O)O)c1. The van der Waals surface area contributed by atoms with E-state index in [0.29, 0.717) is 0 Å². The molecule has 0 fully saturated rings. The van der Waals surface area contributed by atoms with E-state index >= 15 is 0 Å². The summed E-state index contributed by atoms with van der Waals surface area (Å²) in [4.78, 5) is 21.2. The highest BCUT2D eigenvalue weighted by molar-refractivity contribution is 5.94. The predicted molar refractivity (Wildman–Crippen MR) is 48.1 cm³/mol. The number of aliphatic hydroxyl groups excluding tert-OH is 1. The molecular weight excluding hydrogens is 204 g/mol. The lowest BCUT2D eigenvalue weighted by Crippen LogP contribution is -2.04. The fourth-order valence-corrected chi connectivity index (χ4v) is 1.00. The molecule has 0 saturated heterocycles. The molecule has 0 aliphatic carbocycles. The van der Waals surface area contributed by atoms with E-state index in [1.54, 1.807) is 0 Å². The molecule has 0 unspecified atom stereocenters. The van der Waals surface area contributed by atoms with Gasteiger partial charge in [-0.1, -0.05) is 0 Å². The van der Waals surface area contributed by atoms with Gasteiger partial charge in [0.2, 0.25) is 0 Å². The van der Waals surface area contributed by atoms with E-state index in [2.05, 4.69) is 4.74 Å². The molecule has 1 rings (SSSR count). The average molecular weight is 212 g/mol. The number of carboxylic acids is 2. The van der Waals surface area contributed by atoms with Crippen molar-refractivity contribution in [2.24, 2.45) is 0 Å². The summed E-state index contributed by atoms with van der Waals surface area (Å²) in [5, 5.41) is 25.8. The van der Waals surface area contributed by atoms with Crippen molar-refractivity contribution in [1.29, 1.82) is 0 Å². The quantitative estimate of drug-likeness (QED) is 0.624. The Hall–Kier alpha value is -2.08. The van der Waals surface area contributed by atoms with Crippen LogP contribution in [0.4, 0.5) is 0 Å². The number of hydrogen-bond donors (Lipinski definition) is 3. The van der Waals surface area contributed by atoms with Crippen LogP contribution in [0.2, 0.25) is 0 Å². The highest BCUT2D eigenvalue weighted by atomic mass is 16.6. The minimum atomic E-state index is -1.26. The molecule has 0 amide bonds. The summed E-state index contributed by atoms with van der Waals surface area (Å²) in [6, 6.07) is 3.27. The maximum absolute atomic E-state index is 10.6. The van der Waals surface area contributed by atoms with Gasteiger partial charge in [-0.3, -0.25) is 0 Å². The van der Waals surface area contributed by atoms with Crippen LogP contribution in [0.5, 0.6) is 5.75 Å². The van der Waals surface area contributed by atoms with Gasteiger partial charge in [0.1, 0.15) is 5.75 Å². The first-order valence-electron chi connectivity index (χ1n) is 3.90. The van der Waals surface area contributed by atoms with Gasteiger partial charge in [-0.15, -0.1) is 0 Å². The van der Waals surface area contributed by atoms with E-state index in [4.69, 9.17) is 15.3 Å². The van der Waals surface area contributed by atoms with Crippen LogP contribution >= 0.6 is 0 Å². The molecule has 6 nitrogen and oxygen atoms in total. The molecule has 0 aliphatic heterocycles. The Bertz CT molecular complexity index is 365. The number of carbonyl (C=O) groups is 2. The highest BCUT2D eigenvalue weighted by Crippen LogP contribution is 2.17. The number of benzene rings is 1. The molecule has 1 aromatic rings. The molecule has 0 heterocycles. The molecule has 0 radical (unpaired) electrons. The van der Waals surface area contributed by atoms with Crippen molar-refractivity contribution in [2.45, 2.75) is 0 Å². The first-order chi connectivity index (χ1) is 7.04. The monoisotopic (exact) mass is 212 g/mol. The van der Waals surface area contributed by atoms with Crippen molar-refractivity contribution in [3.63, 3.8) is 0 Å². The summed E-state index contributed by atoms with van der Waals surface area (Å²) in [6.45, 7) is -0.651. The van der Waals surface area contributed by atoms with Crippen molar-refractivity contribution in [1.82, 2.24) is 0 Å². The van der Waals surface area contributed by atoms with Crippen LogP contribution in [0, 0.1) is 0 Å². The standard InChI is InChI=1S/C9H8O6/c10-4-15-7-2-5(8(11)12)1-6(3-7)9(13)14/h1-3,10H,4H2,(H,11,12)(H,13,14). The number of rotatable bonds is 4. The van der Waals surface area contributed by atoms with Gasteiger partial charge in [0.05, 0.1) is 11.1 Å². The van der Waals surface area contributed by atoms with Gasteiger partial charge in [0, 0.05) is 0 Å². The third-order valence-electron chi connectivity index (χ3n) is 1.63. The van der Waals surface area contributed by atoms with Crippen LogP contribution < -0.4 is 4.74 Å². The summed E-state index contributed by atoms with van der Waals surface area (Å²) in [5.41, 5.74) is -0.420. The highest BCUT2D eigenvalue weighted by Gasteiger charge is 2.11. The molecule has 0 atom stereocenters. The second-order valence-corrected chi connectivity index (χ2v) is 2.63. The maximum atomic E-state index is 10.6. The molecular formula is C9H8O6. The largest absolute Gasteiger partial charge is 0.478 e. The fraction of sp³-hybridized carbons (Fsp3) is 0.111. The van der Waals surface area contributed by atoms with Crippen LogP contribution in [0.15, 0.2) is 18.2 Å². The maximum Gasteiger partial charge on any atom is 0.335 e. The van der Waals surface area contributed by atoms with Gasteiger partial charge >= 0.3 is 11.9 Å². The summed E-state index contributed by atoms with van der Waals surface area (Å²) in [6.07, 6.45) is 0. The first kappa shape index (κ1) is 11.0. The van der Waals surface area contributed by atoms with Gasteiger partial charge in [-0.2, -0.15) is 0 Å². The molecule has 0 spiro atoms. The van der Waals surface area contributed by atoms with E-state index in [1.165, 1.54) is 0 Å². The molecule has 15 heavy (non-hydrogen) atoms. The molecule has 3 N–H and O–H groups in total. The van der Waals surface area contributed by atoms with Gasteiger partial charge in [0.25, 0.3) is 0 Å². The summed E-state index contributed by atoms with van der Waals surface area (Å²) in [7, 11) is 0. The number of hydrogen-bond acceptors (Lipinski definition) is 4. The van der Waals surface area contributed by atoms with Gasteiger partial charge < -0.3 is 20.1 Å². The average Bonchev–Trinajstić information content (AvgIpc) is 2.17. The lowest BCUT2D eigenvalue weighted by atomic mass is 10.1. The molecule has 0 saturated carbocycles. The smallest absolute Gasteiger partial charge is 0.335 e. The molecule has 0 bridgehead atoms. The third kappa shape index (κ3) is 2.68. The number of ether oxygens (including phenoxy) is 1. The second-order valence-electron chi connectivity index (χ2n) is 2.63. The second kappa shape index (κ2) is 4.43. The molecule has 0 aliphatic rings. The van der Waals surface area contributed by atoms with E-state index in [-0.39, 0.29) is 16.9 Å². The Morgan fingerprint density at radius 2 is 1.53 bits per heavy atom. The minimum absolute atomic E-state index is 0.00481. The third-order valence-corrected chi connectivity index (χ3v) is 1.63. The lowest BCUT2D eigenvalue weighted by molar-refractivity contribution is 0.0691. The predicted octanol–water partition coefficient (Wildman–Crippen LogP) is 0.412. The van der Waals surface area contributed by atoms with Crippen LogP contribution in [0.3, 0.4) is 0 Å². The lowest BCUT2D eigenvalue weighted by Gasteiger charge is -2.05. The van der Waals surface area contributed by atoms with Gasteiger partial charge in [0.15, 0.2) is 6.79 Å². The van der Waals surface area contributed by atoms with E-state index < -0.39 is 18.7 Å². The van der Waals surface area contributed by atoms with Crippen LogP contribution in [-0.2, 0) is 0 Å². The Morgan fingerprint density at radius 1 is 1.07 bits per heavy atom. The van der Waals surface area contributed by atoms with Gasteiger partial charge in [-0.05, 0) is 18.2 Å². The topological polar surface area (TPSA) is 104 Å². The fourth-order valence-electron chi connectivity index (χ4n) is 1.00. The van der Waals surface area contributed by atoms with Crippen molar-refractivity contribution in [2.75, 3.05) is 6.79 Å².